The highest BCUT2D eigenvalue weighted by atomic mass is 32.1. The van der Waals surface area contributed by atoms with Crippen LogP contribution in [0.3, 0.4) is 0 Å². The first-order chi connectivity index (χ1) is 17.3. The predicted octanol–water partition coefficient (Wildman–Crippen LogP) is 5.75. The molecule has 0 bridgehead atoms. The van der Waals surface area contributed by atoms with Crippen LogP contribution in [0, 0.1) is 5.82 Å². The van der Waals surface area contributed by atoms with E-state index in [9.17, 15) is 22.4 Å². The number of rotatable bonds is 10. The number of hydrogen-bond acceptors (Lipinski definition) is 6. The van der Waals surface area contributed by atoms with Gasteiger partial charge < -0.3 is 4.74 Å². The molecule has 188 valence electrons. The van der Waals surface area contributed by atoms with Gasteiger partial charge in [0.15, 0.2) is 5.13 Å². The second-order valence-corrected chi connectivity index (χ2v) is 8.70. The molecule has 1 N–H and O–H groups in total. The Labute approximate surface area is 207 Å². The van der Waals surface area contributed by atoms with Crippen LogP contribution in [-0.4, -0.2) is 25.9 Å². The van der Waals surface area contributed by atoms with Gasteiger partial charge in [0.05, 0.1) is 23.0 Å². The van der Waals surface area contributed by atoms with Crippen LogP contribution in [0.1, 0.15) is 40.0 Å². The van der Waals surface area contributed by atoms with Gasteiger partial charge in [0.1, 0.15) is 18.2 Å². The molecule has 0 atom stereocenters. The largest absolute Gasteiger partial charge is 0.487 e. The van der Waals surface area contributed by atoms with Crippen molar-refractivity contribution in [2.24, 2.45) is 0 Å². The number of aromatic nitrogens is 4. The van der Waals surface area contributed by atoms with Crippen molar-refractivity contribution in [3.05, 3.63) is 88.4 Å². The first-order valence-electron chi connectivity index (χ1n) is 11.0. The summed E-state index contributed by atoms with van der Waals surface area (Å²) in [6.45, 7) is 0.981. The molecule has 0 saturated carbocycles. The zero-order valence-electron chi connectivity index (χ0n) is 18.8. The third-order valence-electron chi connectivity index (χ3n) is 5.20. The fraction of sp³-hybridized carbons (Fsp3) is 0.250. The number of carbonyl (C=O) groups is 1. The Balaban J connectivity index is 1.23. The Morgan fingerprint density at radius 1 is 1.11 bits per heavy atom. The zero-order chi connectivity index (χ0) is 25.5. The lowest BCUT2D eigenvalue weighted by molar-refractivity contribution is -0.137. The summed E-state index contributed by atoms with van der Waals surface area (Å²) in [6, 6.07) is 9.48. The van der Waals surface area contributed by atoms with Crippen molar-refractivity contribution in [3.63, 3.8) is 0 Å². The Bertz CT molecular complexity index is 1290. The number of hydrogen-bond donors (Lipinski definition) is 1. The molecule has 0 unspecified atom stereocenters. The van der Waals surface area contributed by atoms with Gasteiger partial charge in [0, 0.05) is 18.1 Å². The topological polar surface area (TPSA) is 81.9 Å². The number of nitrogens with one attached hydrogen (secondary N) is 1. The maximum atomic E-state index is 14.0. The quantitative estimate of drug-likeness (QED) is 0.213. The first-order valence-corrected chi connectivity index (χ1v) is 11.8. The summed E-state index contributed by atoms with van der Waals surface area (Å²) < 4.78 is 59.6. The van der Waals surface area contributed by atoms with Crippen LogP contribution in [0.2, 0.25) is 0 Å². The van der Waals surface area contributed by atoms with Crippen LogP contribution in [0.4, 0.5) is 22.7 Å². The van der Waals surface area contributed by atoms with Crippen molar-refractivity contribution < 1.29 is 27.1 Å². The van der Waals surface area contributed by atoms with Gasteiger partial charge in [-0.05, 0) is 55.2 Å². The molecule has 4 rings (SSSR count). The van der Waals surface area contributed by atoms with Crippen LogP contribution in [0.5, 0.6) is 5.75 Å². The van der Waals surface area contributed by atoms with Gasteiger partial charge in [-0.1, -0.05) is 17.3 Å². The number of benzene rings is 2. The van der Waals surface area contributed by atoms with Crippen LogP contribution < -0.4 is 10.1 Å². The average molecular weight is 520 g/mol. The van der Waals surface area contributed by atoms with Crippen molar-refractivity contribution in [3.8, 4) is 5.75 Å². The Kier molecular flexibility index (Phi) is 7.93. The molecule has 0 radical (unpaired) electrons. The summed E-state index contributed by atoms with van der Waals surface area (Å²) in [5, 5.41) is 12.0. The second-order valence-electron chi connectivity index (χ2n) is 7.85. The molecule has 1 amide bonds. The molecule has 7 nitrogen and oxygen atoms in total. The molecule has 2 aromatic heterocycles. The van der Waals surface area contributed by atoms with E-state index in [1.165, 1.54) is 5.56 Å². The van der Waals surface area contributed by atoms with Crippen LogP contribution >= 0.6 is 11.3 Å². The SMILES string of the molecule is O=C(Nc1nc(COc2ccc(CCCCn3ccnn3)cc2)cs1)c1ccc(C(F)(F)F)cc1F. The third-order valence-corrected chi connectivity index (χ3v) is 6.00. The van der Waals surface area contributed by atoms with Crippen molar-refractivity contribution in [2.75, 3.05) is 5.32 Å². The van der Waals surface area contributed by atoms with Crippen LogP contribution in [-0.2, 0) is 25.7 Å². The summed E-state index contributed by atoms with van der Waals surface area (Å²) in [5.41, 5.74) is 0.0615. The van der Waals surface area contributed by atoms with Crippen molar-refractivity contribution in [2.45, 2.75) is 38.6 Å². The van der Waals surface area contributed by atoms with E-state index in [4.69, 9.17) is 4.74 Å². The normalized spacial score (nSPS) is 11.4. The van der Waals surface area contributed by atoms with Gasteiger partial charge in [-0.25, -0.2) is 9.37 Å². The number of aryl methyl sites for hydroxylation is 2. The first kappa shape index (κ1) is 25.3. The molecule has 0 aliphatic rings. The van der Waals surface area contributed by atoms with E-state index in [-0.39, 0.29) is 11.7 Å². The minimum absolute atomic E-state index is 0.151. The van der Waals surface area contributed by atoms with Gasteiger partial charge in [0.2, 0.25) is 0 Å². The third kappa shape index (κ3) is 6.87. The van der Waals surface area contributed by atoms with Crippen LogP contribution in [0.25, 0.3) is 0 Å². The Hall–Kier alpha value is -3.80. The fourth-order valence-corrected chi connectivity index (χ4v) is 4.03. The standard InChI is InChI=1S/C24H21F4N5O2S/c25-21-13-17(24(26,27)28)6-9-20(21)22(34)31-23-30-18(15-36-23)14-35-19-7-4-16(5-8-19)3-1-2-11-33-12-10-29-32-33/h4-10,12-13,15H,1-3,11,14H2,(H,30,31,34). The predicted molar refractivity (Wildman–Crippen MR) is 125 cm³/mol. The maximum Gasteiger partial charge on any atom is 0.416 e. The number of anilines is 1. The lowest BCUT2D eigenvalue weighted by Gasteiger charge is -2.08. The Morgan fingerprint density at radius 2 is 1.92 bits per heavy atom. The molecule has 0 spiro atoms. The minimum atomic E-state index is -4.69. The van der Waals surface area contributed by atoms with E-state index in [0.717, 1.165) is 43.2 Å². The van der Waals surface area contributed by atoms with Gasteiger partial charge in [-0.15, -0.1) is 16.4 Å². The van der Waals surface area contributed by atoms with E-state index >= 15 is 0 Å². The summed E-state index contributed by atoms with van der Waals surface area (Å²) in [6.07, 6.45) is 1.75. The summed E-state index contributed by atoms with van der Waals surface area (Å²) in [7, 11) is 0. The molecule has 12 heteroatoms. The maximum absolute atomic E-state index is 14.0. The summed E-state index contributed by atoms with van der Waals surface area (Å²) in [5.74, 6) is -1.49. The van der Waals surface area contributed by atoms with Crippen LogP contribution in [0.15, 0.2) is 60.2 Å². The number of unbranched alkanes of at least 4 members (excludes halogenated alkanes) is 1. The van der Waals surface area contributed by atoms with Crippen molar-refractivity contribution in [1.82, 2.24) is 20.0 Å². The highest BCUT2D eigenvalue weighted by Gasteiger charge is 2.31. The summed E-state index contributed by atoms with van der Waals surface area (Å²) in [4.78, 5) is 16.5. The zero-order valence-corrected chi connectivity index (χ0v) is 19.7. The van der Waals surface area contributed by atoms with Gasteiger partial charge in [-0.3, -0.25) is 14.8 Å². The van der Waals surface area contributed by atoms with E-state index in [0.29, 0.717) is 23.6 Å². The number of amides is 1. The van der Waals surface area contributed by atoms with Gasteiger partial charge in [-0.2, -0.15) is 13.2 Å². The Morgan fingerprint density at radius 3 is 2.61 bits per heavy atom. The molecule has 0 aliphatic carbocycles. The molecule has 2 aromatic carbocycles. The number of ether oxygens (including phenoxy) is 1. The number of alkyl halides is 3. The molecule has 0 saturated heterocycles. The molecular weight excluding hydrogens is 498 g/mol. The minimum Gasteiger partial charge on any atom is -0.487 e. The molecule has 0 aliphatic heterocycles. The number of nitrogens with zero attached hydrogens (tertiary/aromatic N) is 4. The van der Waals surface area contributed by atoms with Gasteiger partial charge in [0.25, 0.3) is 5.91 Å². The molecule has 0 fully saturated rings. The lowest BCUT2D eigenvalue weighted by atomic mass is 10.1. The monoisotopic (exact) mass is 519 g/mol. The van der Waals surface area contributed by atoms with E-state index in [1.807, 2.05) is 30.5 Å². The molecular formula is C24H21F4N5O2S. The van der Waals surface area contributed by atoms with E-state index in [1.54, 1.807) is 16.3 Å². The second kappa shape index (κ2) is 11.3. The van der Waals surface area contributed by atoms with E-state index in [2.05, 4.69) is 20.6 Å². The molecule has 36 heavy (non-hydrogen) atoms. The molecule has 4 aromatic rings. The lowest BCUT2D eigenvalue weighted by Crippen LogP contribution is -2.15. The fourth-order valence-electron chi connectivity index (χ4n) is 3.34. The average Bonchev–Trinajstić information content (AvgIpc) is 3.53. The smallest absolute Gasteiger partial charge is 0.416 e. The van der Waals surface area contributed by atoms with Crippen molar-refractivity contribution in [1.29, 1.82) is 0 Å². The molecule has 2 heterocycles. The highest BCUT2D eigenvalue weighted by molar-refractivity contribution is 7.13. The van der Waals surface area contributed by atoms with E-state index < -0.39 is 29.0 Å². The highest BCUT2D eigenvalue weighted by Crippen LogP contribution is 2.30. The number of thiazole rings is 1. The van der Waals surface area contributed by atoms with Gasteiger partial charge >= 0.3 is 6.18 Å². The number of carbonyl (C=O) groups excluding carboxylic acids is 1. The number of halogens is 4. The van der Waals surface area contributed by atoms with Crippen molar-refractivity contribution >= 4 is 22.4 Å². The summed E-state index contributed by atoms with van der Waals surface area (Å²) >= 11 is 1.10.